The van der Waals surface area contributed by atoms with Crippen molar-refractivity contribution in [1.82, 2.24) is 14.9 Å². The van der Waals surface area contributed by atoms with Crippen LogP contribution in [0.1, 0.15) is 147 Å². The van der Waals surface area contributed by atoms with Crippen molar-refractivity contribution in [2.75, 3.05) is 45.2 Å². The second-order valence-electron chi connectivity index (χ2n) is 17.4. The zero-order valence-corrected chi connectivity index (χ0v) is 38.4. The van der Waals surface area contributed by atoms with Gasteiger partial charge >= 0.3 is 6.01 Å². The number of rotatable bonds is 15. The Balaban J connectivity index is 0.00000184. The summed E-state index contributed by atoms with van der Waals surface area (Å²) >= 11 is 1.65. The Labute approximate surface area is 357 Å². The van der Waals surface area contributed by atoms with Crippen LogP contribution in [0.2, 0.25) is 0 Å². The molecule has 1 amide bonds. The molecule has 1 unspecified atom stereocenters. The highest BCUT2D eigenvalue weighted by atomic mass is 32.1. The Hall–Kier alpha value is -4.82. The number of benzene rings is 1. The minimum absolute atomic E-state index is 0.0254. The molecule has 3 aromatic rings. The number of fused-ring (bicyclic) bond motifs is 2. The second-order valence-corrected chi connectivity index (χ2v) is 18.4. The highest BCUT2D eigenvalue weighted by Gasteiger charge is 2.33. The standard InChI is InChI=1S/C44H58N8O2S.C4H10/c1-9-12-14-20-44(6,19-13-10-2)27-54-43-49-35-24-32(31-17-15-18-36-37(31)33(25-45)40(55-36)28(4)5)39(47)30(11-3)38(35)41(50-43)52-22-16-21-48-29(26-52)23-34(46)42(53)51(7)8;1-4(2)3/h11,15,17-18,23-24,28,47H,9-10,12-14,16,19-22,26-27,46H2,1-8H3;4H,1-3H3/b30-11-,34-23-,47-39?;. The summed E-state index contributed by atoms with van der Waals surface area (Å²) in [7, 11) is 3.35. The van der Waals surface area contributed by atoms with E-state index in [0.717, 1.165) is 77.0 Å². The molecular weight excluding hydrogens is 753 g/mol. The number of carbonyl (C=O) groups excluding carboxylic acids is 1. The number of carbonyl (C=O) groups is 1. The van der Waals surface area contributed by atoms with Crippen molar-refractivity contribution in [2.45, 2.75) is 120 Å². The number of likely N-dealkylation sites (N-methyl/N-ethyl adjacent to an activating group) is 1. The second kappa shape index (κ2) is 21.4. The van der Waals surface area contributed by atoms with Gasteiger partial charge in [0, 0.05) is 58.7 Å². The summed E-state index contributed by atoms with van der Waals surface area (Å²) in [6.07, 6.45) is 14.2. The first kappa shape index (κ1) is 46.9. The molecule has 2 aromatic heterocycles. The van der Waals surface area contributed by atoms with Crippen LogP contribution in [0, 0.1) is 28.1 Å². The summed E-state index contributed by atoms with van der Waals surface area (Å²) in [6, 6.07) is 8.86. The van der Waals surface area contributed by atoms with Crippen LogP contribution in [0.3, 0.4) is 0 Å². The van der Waals surface area contributed by atoms with Gasteiger partial charge in [-0.15, -0.1) is 11.3 Å². The lowest BCUT2D eigenvalue weighted by Gasteiger charge is -2.31. The molecule has 2 aliphatic rings. The van der Waals surface area contributed by atoms with Crippen molar-refractivity contribution in [3.8, 4) is 12.1 Å². The Morgan fingerprint density at radius 2 is 1.81 bits per heavy atom. The van der Waals surface area contributed by atoms with Crippen molar-refractivity contribution in [1.29, 1.82) is 10.7 Å². The number of thiophene rings is 1. The fraction of sp³-hybridized carbons (Fsp3) is 0.542. The van der Waals surface area contributed by atoms with E-state index in [9.17, 15) is 15.5 Å². The number of amides is 1. The monoisotopic (exact) mass is 821 g/mol. The van der Waals surface area contributed by atoms with Gasteiger partial charge in [-0.05, 0) is 61.8 Å². The number of nitrogens with zero attached hydrogens (tertiary/aromatic N) is 6. The van der Waals surface area contributed by atoms with E-state index in [4.69, 9.17) is 25.4 Å². The van der Waals surface area contributed by atoms with E-state index < -0.39 is 0 Å². The number of aromatic nitrogens is 2. The van der Waals surface area contributed by atoms with Gasteiger partial charge in [0.15, 0.2) is 0 Å². The molecule has 1 atom stereocenters. The van der Waals surface area contributed by atoms with Gasteiger partial charge in [-0.2, -0.15) is 15.2 Å². The quantitative estimate of drug-likeness (QED) is 0.115. The molecule has 318 valence electrons. The smallest absolute Gasteiger partial charge is 0.318 e. The molecule has 3 heterocycles. The van der Waals surface area contributed by atoms with Crippen LogP contribution in [0.15, 0.2) is 41.0 Å². The molecule has 59 heavy (non-hydrogen) atoms. The molecular formula is C48H68N8O2S. The molecule has 0 spiro atoms. The molecule has 3 N–H and O–H groups in total. The minimum atomic E-state index is -0.276. The van der Waals surface area contributed by atoms with Crippen LogP contribution in [0.25, 0.3) is 27.3 Å². The van der Waals surface area contributed by atoms with Crippen molar-refractivity contribution in [2.24, 2.45) is 22.1 Å². The van der Waals surface area contributed by atoms with E-state index in [0.29, 0.717) is 71.9 Å². The van der Waals surface area contributed by atoms with Gasteiger partial charge in [0.1, 0.15) is 11.9 Å². The van der Waals surface area contributed by atoms with Crippen molar-refractivity contribution in [3.05, 3.63) is 63.3 Å². The Kier molecular flexibility index (Phi) is 17.0. The molecule has 1 aromatic carbocycles. The van der Waals surface area contributed by atoms with Crippen molar-refractivity contribution < 1.29 is 9.53 Å². The summed E-state index contributed by atoms with van der Waals surface area (Å²) in [5, 5.41) is 21.0. The predicted octanol–water partition coefficient (Wildman–Crippen LogP) is 11.1. The van der Waals surface area contributed by atoms with Gasteiger partial charge < -0.3 is 20.3 Å². The minimum Gasteiger partial charge on any atom is -0.463 e. The first-order valence-electron chi connectivity index (χ1n) is 21.5. The number of allylic oxidation sites excluding steroid dienone is 3. The molecule has 0 saturated heterocycles. The van der Waals surface area contributed by atoms with E-state index in [1.54, 1.807) is 31.5 Å². The van der Waals surface area contributed by atoms with E-state index in [-0.39, 0.29) is 22.9 Å². The third-order valence-electron chi connectivity index (χ3n) is 10.5. The molecule has 1 aliphatic carbocycles. The Morgan fingerprint density at radius 1 is 1.12 bits per heavy atom. The molecule has 0 saturated carbocycles. The molecule has 5 rings (SSSR count). The number of hydrogen-bond donors (Lipinski definition) is 2. The van der Waals surface area contributed by atoms with Crippen LogP contribution in [0.4, 0.5) is 5.82 Å². The van der Waals surface area contributed by atoms with Gasteiger partial charge in [-0.25, -0.2) is 0 Å². The maximum Gasteiger partial charge on any atom is 0.318 e. The third kappa shape index (κ3) is 11.7. The lowest BCUT2D eigenvalue weighted by molar-refractivity contribution is -0.124. The van der Waals surface area contributed by atoms with Crippen LogP contribution in [-0.4, -0.2) is 72.5 Å². The zero-order valence-electron chi connectivity index (χ0n) is 37.6. The maximum absolute atomic E-state index is 12.7. The summed E-state index contributed by atoms with van der Waals surface area (Å²) in [5.41, 5.74) is 11.7. The molecule has 1 aliphatic heterocycles. The van der Waals surface area contributed by atoms with Gasteiger partial charge in [0.05, 0.1) is 47.1 Å². The summed E-state index contributed by atoms with van der Waals surface area (Å²) < 4.78 is 7.67. The van der Waals surface area contributed by atoms with E-state index >= 15 is 0 Å². The lowest BCUT2D eigenvalue weighted by atomic mass is 9.81. The summed E-state index contributed by atoms with van der Waals surface area (Å²) in [5.74, 6) is 1.41. The molecule has 0 radical (unpaired) electrons. The Morgan fingerprint density at radius 3 is 2.44 bits per heavy atom. The summed E-state index contributed by atoms with van der Waals surface area (Å²) in [6.45, 7) is 21.5. The normalized spacial score (nSPS) is 16.2. The first-order chi connectivity index (χ1) is 28.1. The van der Waals surface area contributed by atoms with Gasteiger partial charge in [-0.3, -0.25) is 15.2 Å². The highest BCUT2D eigenvalue weighted by Crippen LogP contribution is 2.45. The van der Waals surface area contributed by atoms with E-state index in [1.165, 1.54) is 11.3 Å². The highest BCUT2D eigenvalue weighted by molar-refractivity contribution is 7.19. The number of aliphatic imine (C=N–C) groups is 1. The van der Waals surface area contributed by atoms with Crippen LogP contribution in [0.5, 0.6) is 6.01 Å². The number of hydrogen-bond acceptors (Lipinski definition) is 10. The largest absolute Gasteiger partial charge is 0.463 e. The molecule has 10 nitrogen and oxygen atoms in total. The number of nitriles is 1. The number of nitrogens with two attached hydrogens (primary N) is 1. The number of unbranched alkanes of at least 4 members (excludes halogenated alkanes) is 3. The van der Waals surface area contributed by atoms with Gasteiger partial charge in [-0.1, -0.05) is 106 Å². The first-order valence-corrected chi connectivity index (χ1v) is 22.4. The SMILES string of the molecule is C/C=C1\C(=N)C(c2cccc3sc(C(C)C)c(C#N)c23)=Cc2nc(OCC(C)(CCCC)CCCCC)nc(N3CCCN=C(/C=C(\N)C(=O)N(C)C)C3)c21.CC(C)C. The molecule has 0 fully saturated rings. The van der Waals surface area contributed by atoms with E-state index in [1.807, 2.05) is 31.2 Å². The van der Waals surface area contributed by atoms with Crippen LogP contribution >= 0.6 is 11.3 Å². The number of ether oxygens (including phenoxy) is 1. The topological polar surface area (TPSA) is 145 Å². The van der Waals surface area contributed by atoms with Crippen LogP contribution in [-0.2, 0) is 4.79 Å². The predicted molar refractivity (Wildman–Crippen MR) is 250 cm³/mol. The number of anilines is 1. The maximum atomic E-state index is 12.7. The average molecular weight is 821 g/mol. The fourth-order valence-electron chi connectivity index (χ4n) is 7.48. The van der Waals surface area contributed by atoms with Crippen molar-refractivity contribution in [3.63, 3.8) is 0 Å². The fourth-order valence-corrected chi connectivity index (χ4v) is 8.67. The zero-order chi connectivity index (χ0) is 43.4. The van der Waals surface area contributed by atoms with E-state index in [2.05, 4.69) is 72.4 Å². The average Bonchev–Trinajstić information content (AvgIpc) is 3.44. The van der Waals surface area contributed by atoms with Gasteiger partial charge in [0.2, 0.25) is 0 Å². The third-order valence-corrected chi connectivity index (χ3v) is 12.0. The Bertz CT molecular complexity index is 2130. The lowest BCUT2D eigenvalue weighted by Crippen LogP contribution is -2.33. The molecule has 11 heteroatoms. The van der Waals surface area contributed by atoms with Gasteiger partial charge in [0.25, 0.3) is 5.91 Å². The van der Waals surface area contributed by atoms with Crippen LogP contribution < -0.4 is 15.4 Å². The van der Waals surface area contributed by atoms with Crippen molar-refractivity contribution >= 4 is 61.8 Å². The number of nitrogens with one attached hydrogen (secondary N) is 1. The summed E-state index contributed by atoms with van der Waals surface area (Å²) in [4.78, 5) is 32.4. The molecule has 0 bridgehead atoms.